The van der Waals surface area contributed by atoms with Crippen LogP contribution in [0.3, 0.4) is 0 Å². The van der Waals surface area contributed by atoms with Crippen molar-refractivity contribution in [3.63, 3.8) is 0 Å². The summed E-state index contributed by atoms with van der Waals surface area (Å²) >= 11 is 0. The molecule has 6 heteroatoms. The van der Waals surface area contributed by atoms with Gasteiger partial charge in [0.15, 0.2) is 0 Å². The first kappa shape index (κ1) is 25.1. The molecule has 0 radical (unpaired) electrons. The van der Waals surface area contributed by atoms with Crippen molar-refractivity contribution in [1.29, 1.82) is 0 Å². The Labute approximate surface area is 214 Å². The Morgan fingerprint density at radius 3 is 2.44 bits per heavy atom. The fourth-order valence-electron chi connectivity index (χ4n) is 6.43. The third-order valence-corrected chi connectivity index (χ3v) is 8.31. The molecule has 1 N–H and O–H groups in total. The van der Waals surface area contributed by atoms with Crippen LogP contribution < -0.4 is 10.1 Å². The molecular formula is C30H39FN2O3. The summed E-state index contributed by atoms with van der Waals surface area (Å²) in [5.74, 6) is 1.06. The highest BCUT2D eigenvalue weighted by Crippen LogP contribution is 2.47. The van der Waals surface area contributed by atoms with E-state index in [9.17, 15) is 4.79 Å². The number of carbonyl (C=O) groups excluding carboxylic acids is 1. The van der Waals surface area contributed by atoms with Crippen molar-refractivity contribution < 1.29 is 18.7 Å². The number of amides is 1. The first-order valence-corrected chi connectivity index (χ1v) is 13.4. The summed E-state index contributed by atoms with van der Waals surface area (Å²) in [4.78, 5) is 15.3. The molecule has 36 heavy (non-hydrogen) atoms. The molecule has 2 aromatic carbocycles. The highest BCUT2D eigenvalue weighted by atomic mass is 19.1. The molecular weight excluding hydrogens is 455 g/mol. The van der Waals surface area contributed by atoms with Crippen molar-refractivity contribution in [3.05, 3.63) is 52.3 Å². The number of carbonyl (C=O) groups is 1. The molecule has 3 saturated heterocycles. The summed E-state index contributed by atoms with van der Waals surface area (Å²) < 4.78 is 27.4. The Balaban J connectivity index is 1.37. The zero-order valence-corrected chi connectivity index (χ0v) is 22.2. The monoisotopic (exact) mass is 494 g/mol. The van der Waals surface area contributed by atoms with Crippen LogP contribution in [0.2, 0.25) is 0 Å². The molecule has 194 valence electrons. The number of benzene rings is 2. The highest BCUT2D eigenvalue weighted by molar-refractivity contribution is 5.72. The number of fused-ring (bicyclic) bond motifs is 4. The standard InChI is InChI=1S/C30H39FN2O3/c1-6-11-35-27-18(2)12-21(13-19(27)3)23-14-22-16-30(4,5)28(24(22)15-25(23)31)32-29(34)36-26-17-33-9-7-20(26)8-10-33/h12-15,20,26,28H,6-11,16-17H2,1-5H3,(H,32,34)/t26-,28-/m0/s1. The first-order chi connectivity index (χ1) is 17.2. The van der Waals surface area contributed by atoms with Crippen molar-refractivity contribution in [2.24, 2.45) is 11.3 Å². The van der Waals surface area contributed by atoms with Crippen LogP contribution in [-0.2, 0) is 11.2 Å². The number of rotatable bonds is 6. The van der Waals surface area contributed by atoms with Crippen LogP contribution in [0, 0.1) is 31.0 Å². The molecule has 2 bridgehead atoms. The molecule has 0 saturated carbocycles. The summed E-state index contributed by atoms with van der Waals surface area (Å²) in [6.45, 7) is 14.0. The smallest absolute Gasteiger partial charge is 0.407 e. The van der Waals surface area contributed by atoms with E-state index < -0.39 is 6.09 Å². The van der Waals surface area contributed by atoms with Crippen LogP contribution in [0.5, 0.6) is 5.75 Å². The number of alkyl carbamates (subject to hydrolysis) is 1. The molecule has 0 aromatic heterocycles. The summed E-state index contributed by atoms with van der Waals surface area (Å²) in [7, 11) is 0. The Kier molecular flexibility index (Phi) is 6.75. The highest BCUT2D eigenvalue weighted by Gasteiger charge is 2.42. The summed E-state index contributed by atoms with van der Waals surface area (Å²) in [6.07, 6.45) is 3.45. The number of piperidine rings is 3. The summed E-state index contributed by atoms with van der Waals surface area (Å²) in [5.41, 5.74) is 5.14. The molecule has 3 aliphatic heterocycles. The lowest BCUT2D eigenvalue weighted by atomic mass is 9.85. The van der Waals surface area contributed by atoms with Gasteiger partial charge >= 0.3 is 6.09 Å². The van der Waals surface area contributed by atoms with Gasteiger partial charge < -0.3 is 14.8 Å². The lowest BCUT2D eigenvalue weighted by Crippen LogP contribution is -2.53. The van der Waals surface area contributed by atoms with Crippen LogP contribution in [0.25, 0.3) is 11.1 Å². The SMILES string of the molecule is CCCOc1c(C)cc(-c2cc3c(cc2F)[C@H](NC(=O)O[C@H]2CN4CCC2CC4)C(C)(C)C3)cc1C. The molecule has 6 rings (SSSR count). The molecule has 0 spiro atoms. The quantitative estimate of drug-likeness (QED) is 0.509. The van der Waals surface area contributed by atoms with Gasteiger partial charge in [-0.3, -0.25) is 4.90 Å². The van der Waals surface area contributed by atoms with Gasteiger partial charge in [0.1, 0.15) is 17.7 Å². The second-order valence-electron chi connectivity index (χ2n) is 11.6. The van der Waals surface area contributed by atoms with Crippen LogP contribution in [0.1, 0.15) is 68.3 Å². The van der Waals surface area contributed by atoms with E-state index >= 15 is 4.39 Å². The van der Waals surface area contributed by atoms with Crippen molar-refractivity contribution >= 4 is 6.09 Å². The van der Waals surface area contributed by atoms with E-state index in [1.54, 1.807) is 6.07 Å². The minimum absolute atomic E-state index is 0.0497. The maximum atomic E-state index is 15.6. The zero-order chi connectivity index (χ0) is 25.6. The van der Waals surface area contributed by atoms with E-state index in [1.165, 1.54) is 0 Å². The maximum absolute atomic E-state index is 15.6. The second kappa shape index (κ2) is 9.70. The summed E-state index contributed by atoms with van der Waals surface area (Å²) in [6, 6.07) is 7.30. The second-order valence-corrected chi connectivity index (χ2v) is 11.6. The van der Waals surface area contributed by atoms with Gasteiger partial charge in [-0.25, -0.2) is 9.18 Å². The number of hydrogen-bond acceptors (Lipinski definition) is 4. The molecule has 2 atom stereocenters. The average Bonchev–Trinajstić information content (AvgIpc) is 3.07. The van der Waals surface area contributed by atoms with Gasteiger partial charge in [-0.1, -0.05) is 20.8 Å². The Morgan fingerprint density at radius 1 is 1.14 bits per heavy atom. The topological polar surface area (TPSA) is 50.8 Å². The number of ether oxygens (including phenoxy) is 2. The van der Waals surface area contributed by atoms with Crippen LogP contribution >= 0.6 is 0 Å². The van der Waals surface area contributed by atoms with Crippen LogP contribution in [0.4, 0.5) is 9.18 Å². The van der Waals surface area contributed by atoms with Crippen molar-refractivity contribution in [3.8, 4) is 16.9 Å². The molecule has 4 aliphatic rings. The largest absolute Gasteiger partial charge is 0.493 e. The van der Waals surface area contributed by atoms with E-state index in [0.717, 1.165) is 78.9 Å². The van der Waals surface area contributed by atoms with Crippen LogP contribution in [0.15, 0.2) is 24.3 Å². The number of hydrogen-bond donors (Lipinski definition) is 1. The lowest BCUT2D eigenvalue weighted by Gasteiger charge is -2.44. The van der Waals surface area contributed by atoms with Gasteiger partial charge in [-0.15, -0.1) is 0 Å². The van der Waals surface area contributed by atoms with Gasteiger partial charge in [-0.2, -0.15) is 0 Å². The molecule has 1 amide bonds. The fourth-order valence-corrected chi connectivity index (χ4v) is 6.43. The molecule has 0 unspecified atom stereocenters. The van der Waals surface area contributed by atoms with Gasteiger partial charge in [-0.05, 0) is 116 Å². The predicted molar refractivity (Wildman–Crippen MR) is 140 cm³/mol. The fraction of sp³-hybridized carbons (Fsp3) is 0.567. The van der Waals surface area contributed by atoms with Gasteiger partial charge in [0.2, 0.25) is 0 Å². The lowest BCUT2D eigenvalue weighted by molar-refractivity contribution is -0.0349. The van der Waals surface area contributed by atoms with Gasteiger partial charge in [0.25, 0.3) is 0 Å². The normalized spacial score (nSPS) is 25.9. The third-order valence-electron chi connectivity index (χ3n) is 8.31. The predicted octanol–water partition coefficient (Wildman–Crippen LogP) is 6.34. The molecule has 5 nitrogen and oxygen atoms in total. The minimum Gasteiger partial charge on any atom is -0.493 e. The molecule has 2 aromatic rings. The third kappa shape index (κ3) is 4.72. The maximum Gasteiger partial charge on any atom is 0.407 e. The zero-order valence-electron chi connectivity index (χ0n) is 22.2. The average molecular weight is 495 g/mol. The van der Waals surface area contributed by atoms with Crippen molar-refractivity contribution in [2.75, 3.05) is 26.2 Å². The number of nitrogens with zero attached hydrogens (tertiary/aromatic N) is 1. The van der Waals surface area contributed by atoms with Gasteiger partial charge in [0, 0.05) is 12.1 Å². The Bertz CT molecular complexity index is 1130. The molecule has 3 fully saturated rings. The molecule has 3 heterocycles. The van der Waals surface area contributed by atoms with E-state index in [2.05, 4.69) is 31.0 Å². The van der Waals surface area contributed by atoms with E-state index in [1.807, 2.05) is 32.0 Å². The number of aryl methyl sites for hydroxylation is 2. The van der Waals surface area contributed by atoms with E-state index in [0.29, 0.717) is 18.1 Å². The van der Waals surface area contributed by atoms with E-state index in [4.69, 9.17) is 9.47 Å². The van der Waals surface area contributed by atoms with Crippen LogP contribution in [-0.4, -0.2) is 43.3 Å². The Hall–Kier alpha value is -2.60. The number of halogens is 1. The van der Waals surface area contributed by atoms with Crippen molar-refractivity contribution in [2.45, 2.75) is 72.4 Å². The first-order valence-electron chi connectivity index (χ1n) is 13.4. The van der Waals surface area contributed by atoms with Crippen molar-refractivity contribution in [1.82, 2.24) is 10.2 Å². The summed E-state index contributed by atoms with van der Waals surface area (Å²) in [5, 5.41) is 3.10. The van der Waals surface area contributed by atoms with Gasteiger partial charge in [0.05, 0.1) is 12.6 Å². The molecule has 1 aliphatic carbocycles. The minimum atomic E-state index is -0.391. The van der Waals surface area contributed by atoms with E-state index in [-0.39, 0.29) is 23.4 Å². The number of nitrogens with one attached hydrogen (secondary N) is 1. The Morgan fingerprint density at radius 2 is 1.83 bits per heavy atom.